The van der Waals surface area contributed by atoms with Crippen LogP contribution in [-0.2, 0) is 0 Å². The molecule has 0 saturated heterocycles. The first-order chi connectivity index (χ1) is 5.77. The molecule has 5 heteroatoms. The summed E-state index contributed by atoms with van der Waals surface area (Å²) in [7, 11) is 0. The fourth-order valence-electron chi connectivity index (χ4n) is 0.988. The highest BCUT2D eigenvalue weighted by molar-refractivity contribution is 5.91. The molecule has 0 unspecified atom stereocenters. The van der Waals surface area contributed by atoms with Crippen molar-refractivity contribution in [3.63, 3.8) is 0 Å². The zero-order chi connectivity index (χ0) is 8.55. The van der Waals surface area contributed by atoms with Crippen LogP contribution < -0.4 is 0 Å². The van der Waals surface area contributed by atoms with Gasteiger partial charge in [-0.3, -0.25) is 0 Å². The lowest BCUT2D eigenvalue weighted by Gasteiger charge is -1.83. The molecule has 0 atom stereocenters. The van der Waals surface area contributed by atoms with Crippen molar-refractivity contribution in [2.75, 3.05) is 0 Å². The molecule has 0 saturated carbocycles. The SMILES string of the molecule is O=C(O)c1cc2nnccc2[nH]1. The van der Waals surface area contributed by atoms with Crippen LogP contribution in [0.3, 0.4) is 0 Å². The molecule has 0 amide bonds. The molecule has 0 aliphatic carbocycles. The van der Waals surface area contributed by atoms with Gasteiger partial charge >= 0.3 is 5.97 Å². The number of nitrogens with one attached hydrogen (secondary N) is 1. The van der Waals surface area contributed by atoms with E-state index in [0.717, 1.165) is 0 Å². The van der Waals surface area contributed by atoms with Gasteiger partial charge in [0.1, 0.15) is 11.2 Å². The number of aromatic amines is 1. The average Bonchev–Trinajstić information content (AvgIpc) is 2.46. The maximum atomic E-state index is 10.5. The Bertz CT molecular complexity index is 402. The van der Waals surface area contributed by atoms with Crippen LogP contribution in [0, 0.1) is 0 Å². The smallest absolute Gasteiger partial charge is 0.352 e. The lowest BCUT2D eigenvalue weighted by Crippen LogP contribution is -1.94. The van der Waals surface area contributed by atoms with E-state index in [-0.39, 0.29) is 5.69 Å². The topological polar surface area (TPSA) is 78.9 Å². The highest BCUT2D eigenvalue weighted by Crippen LogP contribution is 2.10. The van der Waals surface area contributed by atoms with Crippen molar-refractivity contribution in [2.24, 2.45) is 0 Å². The summed E-state index contributed by atoms with van der Waals surface area (Å²) in [6, 6.07) is 3.12. The van der Waals surface area contributed by atoms with Crippen molar-refractivity contribution in [3.8, 4) is 0 Å². The van der Waals surface area contributed by atoms with Crippen LogP contribution in [0.25, 0.3) is 11.0 Å². The monoisotopic (exact) mass is 163 g/mol. The molecule has 2 aromatic rings. The Kier molecular flexibility index (Phi) is 1.30. The van der Waals surface area contributed by atoms with E-state index >= 15 is 0 Å². The minimum atomic E-state index is -0.993. The number of carboxylic acid groups (broad SMARTS) is 1. The Morgan fingerprint density at radius 3 is 3.08 bits per heavy atom. The van der Waals surface area contributed by atoms with Gasteiger partial charge < -0.3 is 10.1 Å². The summed E-state index contributed by atoms with van der Waals surface area (Å²) in [5.74, 6) is -0.993. The predicted octanol–water partition coefficient (Wildman–Crippen LogP) is 0.656. The molecule has 5 nitrogen and oxygen atoms in total. The molecule has 0 spiro atoms. The molecule has 0 fully saturated rings. The van der Waals surface area contributed by atoms with Gasteiger partial charge in [-0.25, -0.2) is 4.79 Å². The Labute approximate surface area is 67.1 Å². The first-order valence-electron chi connectivity index (χ1n) is 3.31. The predicted molar refractivity (Wildman–Crippen MR) is 40.8 cm³/mol. The third kappa shape index (κ3) is 0.914. The number of rotatable bonds is 1. The maximum Gasteiger partial charge on any atom is 0.352 e. The van der Waals surface area contributed by atoms with Crippen LogP contribution in [0.4, 0.5) is 0 Å². The number of hydrogen-bond donors (Lipinski definition) is 2. The van der Waals surface area contributed by atoms with Gasteiger partial charge in [0.25, 0.3) is 0 Å². The summed E-state index contributed by atoms with van der Waals surface area (Å²) in [6.45, 7) is 0. The fraction of sp³-hybridized carbons (Fsp3) is 0. The number of H-pyrrole nitrogens is 1. The second kappa shape index (κ2) is 2.30. The van der Waals surface area contributed by atoms with Crippen molar-refractivity contribution in [2.45, 2.75) is 0 Å². The maximum absolute atomic E-state index is 10.5. The lowest BCUT2D eigenvalue weighted by atomic mass is 10.4. The van der Waals surface area contributed by atoms with Crippen LogP contribution >= 0.6 is 0 Å². The molecule has 0 aliphatic rings. The minimum absolute atomic E-state index is 0.130. The molecule has 0 bridgehead atoms. The first kappa shape index (κ1) is 6.78. The Balaban J connectivity index is 2.70. The van der Waals surface area contributed by atoms with Gasteiger partial charge in [0.05, 0.1) is 11.7 Å². The number of aromatic carboxylic acids is 1. The fourth-order valence-corrected chi connectivity index (χ4v) is 0.988. The van der Waals surface area contributed by atoms with Crippen LogP contribution in [0.15, 0.2) is 18.3 Å². The molecular formula is C7H5N3O2. The van der Waals surface area contributed by atoms with E-state index in [1.165, 1.54) is 12.3 Å². The number of carboxylic acids is 1. The van der Waals surface area contributed by atoms with Crippen molar-refractivity contribution < 1.29 is 9.90 Å². The molecule has 2 aromatic heterocycles. The quantitative estimate of drug-likeness (QED) is 0.647. The normalized spacial score (nSPS) is 10.3. The zero-order valence-corrected chi connectivity index (χ0v) is 5.98. The zero-order valence-electron chi connectivity index (χ0n) is 5.98. The summed E-state index contributed by atoms with van der Waals surface area (Å²) in [5.41, 5.74) is 1.38. The molecule has 0 aliphatic heterocycles. The number of fused-ring (bicyclic) bond motifs is 1. The van der Waals surface area contributed by atoms with Crippen LogP contribution in [-0.4, -0.2) is 26.3 Å². The molecule has 0 aromatic carbocycles. The second-order valence-electron chi connectivity index (χ2n) is 2.32. The lowest BCUT2D eigenvalue weighted by molar-refractivity contribution is 0.0691. The van der Waals surface area contributed by atoms with Gasteiger partial charge in [-0.05, 0) is 12.1 Å². The average molecular weight is 163 g/mol. The van der Waals surface area contributed by atoms with Gasteiger partial charge in [-0.2, -0.15) is 5.10 Å². The van der Waals surface area contributed by atoms with Crippen molar-refractivity contribution in [3.05, 3.63) is 24.0 Å². The van der Waals surface area contributed by atoms with E-state index in [9.17, 15) is 4.79 Å². The summed E-state index contributed by atoms with van der Waals surface area (Å²) in [6.07, 6.45) is 1.50. The number of hydrogen-bond acceptors (Lipinski definition) is 3. The molecule has 2 N–H and O–H groups in total. The van der Waals surface area contributed by atoms with Gasteiger partial charge in [0.2, 0.25) is 0 Å². The van der Waals surface area contributed by atoms with Gasteiger partial charge in [-0.1, -0.05) is 0 Å². The van der Waals surface area contributed by atoms with Crippen LogP contribution in [0.1, 0.15) is 10.5 Å². The summed E-state index contributed by atoms with van der Waals surface area (Å²) in [4.78, 5) is 13.2. The van der Waals surface area contributed by atoms with E-state index in [1.807, 2.05) is 0 Å². The summed E-state index contributed by atoms with van der Waals surface area (Å²) >= 11 is 0. The van der Waals surface area contributed by atoms with E-state index < -0.39 is 5.97 Å². The Hall–Kier alpha value is -1.91. The van der Waals surface area contributed by atoms with Crippen molar-refractivity contribution in [1.82, 2.24) is 15.2 Å². The molecular weight excluding hydrogens is 158 g/mol. The summed E-state index contributed by atoms with van der Waals surface area (Å²) < 4.78 is 0. The van der Waals surface area contributed by atoms with Gasteiger partial charge in [0.15, 0.2) is 0 Å². The first-order valence-corrected chi connectivity index (χ1v) is 3.31. The number of carbonyl (C=O) groups is 1. The van der Waals surface area contributed by atoms with Crippen molar-refractivity contribution >= 4 is 17.0 Å². The highest BCUT2D eigenvalue weighted by atomic mass is 16.4. The highest BCUT2D eigenvalue weighted by Gasteiger charge is 2.06. The third-order valence-corrected chi connectivity index (χ3v) is 1.53. The number of aromatic nitrogens is 3. The largest absolute Gasteiger partial charge is 0.477 e. The molecule has 0 radical (unpaired) electrons. The Morgan fingerprint density at radius 2 is 2.42 bits per heavy atom. The molecule has 60 valence electrons. The summed E-state index contributed by atoms with van der Waals surface area (Å²) in [5, 5.41) is 16.0. The van der Waals surface area contributed by atoms with Gasteiger partial charge in [0, 0.05) is 0 Å². The van der Waals surface area contributed by atoms with Crippen LogP contribution in [0.2, 0.25) is 0 Å². The van der Waals surface area contributed by atoms with Crippen molar-refractivity contribution in [1.29, 1.82) is 0 Å². The van der Waals surface area contributed by atoms with Crippen LogP contribution in [0.5, 0.6) is 0 Å². The van der Waals surface area contributed by atoms with Gasteiger partial charge in [-0.15, -0.1) is 5.10 Å². The molecule has 2 rings (SSSR count). The third-order valence-electron chi connectivity index (χ3n) is 1.53. The van der Waals surface area contributed by atoms with E-state index in [0.29, 0.717) is 11.0 Å². The number of nitrogens with zero attached hydrogens (tertiary/aromatic N) is 2. The molecule has 12 heavy (non-hydrogen) atoms. The molecule has 2 heterocycles. The second-order valence-corrected chi connectivity index (χ2v) is 2.32. The van der Waals surface area contributed by atoms with E-state index in [4.69, 9.17) is 5.11 Å². The standard InChI is InChI=1S/C7H5N3O2/c11-7(12)6-3-5-4(9-6)1-2-8-10-5/h1-3,9H,(H,11,12). The minimum Gasteiger partial charge on any atom is -0.477 e. The Morgan fingerprint density at radius 1 is 1.58 bits per heavy atom. The van der Waals surface area contributed by atoms with E-state index in [2.05, 4.69) is 15.2 Å². The van der Waals surface area contributed by atoms with E-state index in [1.54, 1.807) is 6.07 Å².